The maximum absolute atomic E-state index is 11.3. The summed E-state index contributed by atoms with van der Waals surface area (Å²) in [6, 6.07) is 9.62. The van der Waals surface area contributed by atoms with Gasteiger partial charge < -0.3 is 5.11 Å². The van der Waals surface area contributed by atoms with E-state index in [0.717, 1.165) is 28.3 Å². The molecule has 19 heavy (non-hydrogen) atoms. The highest BCUT2D eigenvalue weighted by Crippen LogP contribution is 2.25. The van der Waals surface area contributed by atoms with Gasteiger partial charge >= 0.3 is 5.97 Å². The zero-order valence-corrected chi connectivity index (χ0v) is 10.7. The van der Waals surface area contributed by atoms with E-state index in [1.165, 1.54) is 0 Å². The van der Waals surface area contributed by atoms with Crippen LogP contribution in [0.2, 0.25) is 0 Å². The molecule has 0 aliphatic heterocycles. The number of fused-ring (bicyclic) bond motifs is 1. The number of carboxylic acid groups (broad SMARTS) is 1. The lowest BCUT2D eigenvalue weighted by Gasteiger charge is -2.10. The lowest BCUT2D eigenvalue weighted by Crippen LogP contribution is -2.02. The summed E-state index contributed by atoms with van der Waals surface area (Å²) in [5.41, 5.74) is 2.31. The van der Waals surface area contributed by atoms with Gasteiger partial charge in [0.15, 0.2) is 0 Å². The Bertz CT molecular complexity index is 654. The van der Waals surface area contributed by atoms with E-state index in [4.69, 9.17) is 0 Å². The fourth-order valence-corrected chi connectivity index (χ4v) is 2.29. The van der Waals surface area contributed by atoms with Crippen molar-refractivity contribution in [2.24, 2.45) is 0 Å². The van der Waals surface area contributed by atoms with Crippen LogP contribution in [0.15, 0.2) is 55.6 Å². The van der Waals surface area contributed by atoms with Crippen LogP contribution in [0, 0.1) is 0 Å². The molecule has 0 spiro atoms. The Kier molecular flexibility index (Phi) is 3.81. The second-order valence-corrected chi connectivity index (χ2v) is 4.44. The first-order valence-corrected chi connectivity index (χ1v) is 6.17. The van der Waals surface area contributed by atoms with E-state index in [-0.39, 0.29) is 0 Å². The lowest BCUT2D eigenvalue weighted by molar-refractivity contribution is 0.0696. The molecule has 0 aliphatic rings. The molecule has 0 bridgehead atoms. The average molecular weight is 252 g/mol. The minimum atomic E-state index is -0.895. The van der Waals surface area contributed by atoms with Crippen LogP contribution < -0.4 is 0 Å². The van der Waals surface area contributed by atoms with Crippen LogP contribution in [0.5, 0.6) is 0 Å². The predicted molar refractivity (Wildman–Crippen MR) is 78.7 cm³/mol. The molecule has 0 fully saturated rings. The Morgan fingerprint density at radius 3 is 2.42 bits per heavy atom. The molecule has 2 aromatic carbocycles. The predicted octanol–water partition coefficient (Wildman–Crippen LogP) is 4.00. The molecule has 0 radical (unpaired) electrons. The summed E-state index contributed by atoms with van der Waals surface area (Å²) in [5, 5.41) is 11.3. The van der Waals surface area contributed by atoms with Crippen molar-refractivity contribution < 1.29 is 9.90 Å². The Hall–Kier alpha value is -2.35. The summed E-state index contributed by atoms with van der Waals surface area (Å²) in [4.78, 5) is 11.3. The number of carboxylic acids is 1. The highest BCUT2D eigenvalue weighted by Gasteiger charge is 2.11. The van der Waals surface area contributed by atoms with Gasteiger partial charge in [0, 0.05) is 0 Å². The van der Waals surface area contributed by atoms with E-state index in [9.17, 15) is 9.90 Å². The molecule has 0 unspecified atom stereocenters. The van der Waals surface area contributed by atoms with Crippen LogP contribution in [0.25, 0.3) is 10.8 Å². The van der Waals surface area contributed by atoms with Gasteiger partial charge in [0.1, 0.15) is 0 Å². The minimum absolute atomic E-state index is 0.350. The van der Waals surface area contributed by atoms with Crippen molar-refractivity contribution in [2.75, 3.05) is 0 Å². The van der Waals surface area contributed by atoms with Gasteiger partial charge in [0.25, 0.3) is 0 Å². The second-order valence-electron chi connectivity index (χ2n) is 4.44. The number of aromatic carboxylic acids is 1. The quantitative estimate of drug-likeness (QED) is 0.817. The van der Waals surface area contributed by atoms with E-state index in [2.05, 4.69) is 13.2 Å². The first-order chi connectivity index (χ1) is 9.17. The monoisotopic (exact) mass is 252 g/mol. The lowest BCUT2D eigenvalue weighted by atomic mass is 9.95. The molecule has 96 valence electrons. The summed E-state index contributed by atoms with van der Waals surface area (Å²) in [6.45, 7) is 7.44. The van der Waals surface area contributed by atoms with Gasteiger partial charge in [0.2, 0.25) is 0 Å². The van der Waals surface area contributed by atoms with E-state index >= 15 is 0 Å². The molecule has 0 aliphatic carbocycles. The number of carbonyl (C=O) groups is 1. The third-order valence-corrected chi connectivity index (χ3v) is 3.15. The minimum Gasteiger partial charge on any atom is -0.478 e. The van der Waals surface area contributed by atoms with Gasteiger partial charge in [-0.25, -0.2) is 4.79 Å². The Labute approximate surface area is 112 Å². The van der Waals surface area contributed by atoms with Crippen molar-refractivity contribution in [2.45, 2.75) is 12.8 Å². The topological polar surface area (TPSA) is 37.3 Å². The number of benzene rings is 2. The Morgan fingerprint density at radius 1 is 1.11 bits per heavy atom. The second kappa shape index (κ2) is 5.53. The SMILES string of the molecule is C=CCc1cc2c(CC=C)cccc2cc1C(=O)O. The molecule has 0 amide bonds. The zero-order valence-electron chi connectivity index (χ0n) is 10.7. The van der Waals surface area contributed by atoms with E-state index in [1.54, 1.807) is 12.1 Å². The third kappa shape index (κ3) is 2.58. The van der Waals surface area contributed by atoms with Gasteiger partial charge in [-0.05, 0) is 46.9 Å². The van der Waals surface area contributed by atoms with Gasteiger partial charge in [-0.2, -0.15) is 0 Å². The number of hydrogen-bond acceptors (Lipinski definition) is 1. The highest BCUT2D eigenvalue weighted by atomic mass is 16.4. The van der Waals surface area contributed by atoms with Crippen LogP contribution in [0.3, 0.4) is 0 Å². The number of hydrogen-bond donors (Lipinski definition) is 1. The molecule has 2 nitrogen and oxygen atoms in total. The van der Waals surface area contributed by atoms with Gasteiger partial charge in [-0.15, -0.1) is 13.2 Å². The summed E-state index contributed by atoms with van der Waals surface area (Å²) in [6.07, 6.45) is 4.91. The summed E-state index contributed by atoms with van der Waals surface area (Å²) in [5.74, 6) is -0.895. The number of rotatable bonds is 5. The molecule has 0 atom stereocenters. The standard InChI is InChI=1S/C17H16O2/c1-3-6-12-8-5-9-14-11-16(17(18)19)13(7-4-2)10-15(12)14/h3-5,8-11H,1-2,6-7H2,(H,18,19). The Morgan fingerprint density at radius 2 is 1.79 bits per heavy atom. The molecule has 2 aromatic rings. The molecule has 2 rings (SSSR count). The first-order valence-electron chi connectivity index (χ1n) is 6.17. The zero-order chi connectivity index (χ0) is 13.8. The highest BCUT2D eigenvalue weighted by molar-refractivity contribution is 5.97. The van der Waals surface area contributed by atoms with Crippen molar-refractivity contribution in [1.29, 1.82) is 0 Å². The molecule has 0 aromatic heterocycles. The van der Waals surface area contributed by atoms with Crippen molar-refractivity contribution in [3.05, 3.63) is 72.3 Å². The van der Waals surface area contributed by atoms with Crippen LogP contribution >= 0.6 is 0 Å². The first kappa shape index (κ1) is 13.1. The summed E-state index contributed by atoms with van der Waals surface area (Å²) < 4.78 is 0. The van der Waals surface area contributed by atoms with E-state index < -0.39 is 5.97 Å². The van der Waals surface area contributed by atoms with Crippen LogP contribution in [0.4, 0.5) is 0 Å². The van der Waals surface area contributed by atoms with Crippen LogP contribution in [0.1, 0.15) is 21.5 Å². The van der Waals surface area contributed by atoms with Gasteiger partial charge in [0.05, 0.1) is 5.56 Å². The van der Waals surface area contributed by atoms with Crippen molar-refractivity contribution in [3.8, 4) is 0 Å². The molecular weight excluding hydrogens is 236 g/mol. The smallest absolute Gasteiger partial charge is 0.335 e. The van der Waals surface area contributed by atoms with Crippen molar-refractivity contribution in [3.63, 3.8) is 0 Å². The Balaban J connectivity index is 2.72. The molecule has 2 heteroatoms. The molecule has 0 saturated carbocycles. The third-order valence-electron chi connectivity index (χ3n) is 3.15. The number of allylic oxidation sites excluding steroid dienone is 2. The van der Waals surface area contributed by atoms with E-state index in [0.29, 0.717) is 12.0 Å². The molecule has 1 N–H and O–H groups in total. The maximum atomic E-state index is 11.3. The van der Waals surface area contributed by atoms with E-state index in [1.807, 2.05) is 30.3 Å². The van der Waals surface area contributed by atoms with Crippen LogP contribution in [-0.4, -0.2) is 11.1 Å². The maximum Gasteiger partial charge on any atom is 0.335 e. The largest absolute Gasteiger partial charge is 0.478 e. The normalized spacial score (nSPS) is 10.3. The van der Waals surface area contributed by atoms with Crippen molar-refractivity contribution in [1.82, 2.24) is 0 Å². The van der Waals surface area contributed by atoms with Crippen molar-refractivity contribution >= 4 is 16.7 Å². The summed E-state index contributed by atoms with van der Waals surface area (Å²) in [7, 11) is 0. The fraction of sp³-hybridized carbons (Fsp3) is 0.118. The molecule has 0 saturated heterocycles. The van der Waals surface area contributed by atoms with Gasteiger partial charge in [-0.1, -0.05) is 30.4 Å². The molecular formula is C17H16O2. The van der Waals surface area contributed by atoms with Crippen LogP contribution in [-0.2, 0) is 12.8 Å². The fourth-order valence-electron chi connectivity index (χ4n) is 2.29. The summed E-state index contributed by atoms with van der Waals surface area (Å²) >= 11 is 0. The molecule has 0 heterocycles. The van der Waals surface area contributed by atoms with Gasteiger partial charge in [-0.3, -0.25) is 0 Å². The average Bonchev–Trinajstić information content (AvgIpc) is 2.39.